The molecule has 1 aliphatic heterocycles. The zero-order chi connectivity index (χ0) is 21.7. The minimum atomic E-state index is -3.72. The van der Waals surface area contributed by atoms with Gasteiger partial charge in [0.15, 0.2) is 0 Å². The largest absolute Gasteiger partial charge is 0.497 e. The van der Waals surface area contributed by atoms with Crippen molar-refractivity contribution in [3.05, 3.63) is 47.5 Å². The molecule has 3 rings (SSSR count). The average molecular weight is 453 g/mol. The highest BCUT2D eigenvalue weighted by Gasteiger charge is 2.34. The molecule has 0 aromatic heterocycles. The highest BCUT2D eigenvalue weighted by atomic mass is 35.5. The summed E-state index contributed by atoms with van der Waals surface area (Å²) in [6, 6.07) is 10.8. The van der Waals surface area contributed by atoms with Crippen LogP contribution in [0.2, 0.25) is 5.02 Å². The van der Waals surface area contributed by atoms with E-state index in [1.807, 2.05) is 0 Å². The van der Waals surface area contributed by atoms with E-state index in [1.54, 1.807) is 30.3 Å². The number of nitrogens with one attached hydrogen (secondary N) is 1. The van der Waals surface area contributed by atoms with Gasteiger partial charge in [-0.25, -0.2) is 8.42 Å². The number of nitrogens with zero attached hydrogens (tertiary/aromatic N) is 1. The Balaban J connectivity index is 1.77. The maximum atomic E-state index is 13.2. The summed E-state index contributed by atoms with van der Waals surface area (Å²) in [5.41, 5.74) is 0.454. The Kier molecular flexibility index (Phi) is 7.23. The van der Waals surface area contributed by atoms with Crippen LogP contribution in [0.25, 0.3) is 0 Å². The fourth-order valence-electron chi connectivity index (χ4n) is 3.57. The maximum absolute atomic E-state index is 13.2. The number of hydrogen-bond donors (Lipinski definition) is 1. The molecule has 0 radical (unpaired) electrons. The fraction of sp³-hybridized carbons (Fsp3) is 0.381. The normalized spacial score (nSPS) is 17.4. The van der Waals surface area contributed by atoms with Gasteiger partial charge in [0.25, 0.3) is 0 Å². The van der Waals surface area contributed by atoms with Gasteiger partial charge in [-0.05, 0) is 55.3 Å². The van der Waals surface area contributed by atoms with Gasteiger partial charge in [0.05, 0.1) is 24.8 Å². The topological polar surface area (TPSA) is 84.9 Å². The molecule has 1 N–H and O–H groups in total. The van der Waals surface area contributed by atoms with Gasteiger partial charge in [-0.1, -0.05) is 18.0 Å². The number of benzene rings is 2. The highest BCUT2D eigenvalue weighted by Crippen LogP contribution is 2.30. The molecule has 1 atom stereocenters. The quantitative estimate of drug-likeness (QED) is 0.688. The second-order valence-corrected chi connectivity index (χ2v) is 9.36. The molecular formula is C21H25ClN2O5S. The third-order valence-corrected chi connectivity index (χ3v) is 7.30. The van der Waals surface area contributed by atoms with Gasteiger partial charge >= 0.3 is 0 Å². The molecule has 9 heteroatoms. The predicted octanol–water partition coefficient (Wildman–Crippen LogP) is 3.93. The number of piperidine rings is 1. The Bertz CT molecular complexity index is 995. The van der Waals surface area contributed by atoms with E-state index in [2.05, 4.69) is 5.32 Å². The first-order chi connectivity index (χ1) is 14.3. The second kappa shape index (κ2) is 9.68. The van der Waals surface area contributed by atoms with Gasteiger partial charge in [0, 0.05) is 24.0 Å². The van der Waals surface area contributed by atoms with Crippen molar-refractivity contribution in [2.45, 2.75) is 36.6 Å². The molecule has 2 aromatic rings. The number of halogens is 1. The van der Waals surface area contributed by atoms with Crippen LogP contribution in [0.4, 0.5) is 5.69 Å². The monoisotopic (exact) mass is 452 g/mol. The third-order valence-electron chi connectivity index (χ3n) is 5.10. The summed E-state index contributed by atoms with van der Waals surface area (Å²) in [5, 5.41) is 3.26. The first kappa shape index (κ1) is 22.4. The van der Waals surface area contributed by atoms with Crippen molar-refractivity contribution in [1.82, 2.24) is 4.31 Å². The van der Waals surface area contributed by atoms with Crippen molar-refractivity contribution in [2.24, 2.45) is 0 Å². The van der Waals surface area contributed by atoms with Crippen molar-refractivity contribution in [3.63, 3.8) is 0 Å². The summed E-state index contributed by atoms with van der Waals surface area (Å²) in [4.78, 5) is 12.9. The first-order valence-corrected chi connectivity index (χ1v) is 11.5. The van der Waals surface area contributed by atoms with Gasteiger partial charge < -0.3 is 14.8 Å². The molecule has 1 amide bonds. The molecular weight excluding hydrogens is 428 g/mol. The number of rotatable bonds is 7. The SMILES string of the molecule is COc1ccc(S(=O)(=O)N2CCCC[C@@H]2CC(=O)Nc2cc(Cl)ccc2OC)cc1. The number of sulfonamides is 1. The molecule has 0 spiro atoms. The van der Waals surface area contributed by atoms with E-state index in [9.17, 15) is 13.2 Å². The molecule has 162 valence electrons. The van der Waals surface area contributed by atoms with Gasteiger partial charge in [0.1, 0.15) is 11.5 Å². The number of hydrogen-bond acceptors (Lipinski definition) is 5. The molecule has 0 saturated carbocycles. The molecule has 1 fully saturated rings. The zero-order valence-electron chi connectivity index (χ0n) is 16.9. The van der Waals surface area contributed by atoms with Crippen molar-refractivity contribution < 1.29 is 22.7 Å². The van der Waals surface area contributed by atoms with Crippen LogP contribution in [0, 0.1) is 0 Å². The molecule has 1 heterocycles. The van der Waals surface area contributed by atoms with E-state index in [0.29, 0.717) is 35.2 Å². The summed E-state index contributed by atoms with van der Waals surface area (Å²) >= 11 is 6.02. The Morgan fingerprint density at radius 1 is 1.13 bits per heavy atom. The molecule has 0 aliphatic carbocycles. The van der Waals surface area contributed by atoms with E-state index in [4.69, 9.17) is 21.1 Å². The van der Waals surface area contributed by atoms with Crippen LogP contribution < -0.4 is 14.8 Å². The molecule has 7 nitrogen and oxygen atoms in total. The van der Waals surface area contributed by atoms with Crippen molar-refractivity contribution in [3.8, 4) is 11.5 Å². The molecule has 30 heavy (non-hydrogen) atoms. The van der Waals surface area contributed by atoms with Crippen molar-refractivity contribution >= 4 is 33.2 Å². The van der Waals surface area contributed by atoms with E-state index in [-0.39, 0.29) is 17.2 Å². The van der Waals surface area contributed by atoms with Crippen LogP contribution in [0.3, 0.4) is 0 Å². The van der Waals surface area contributed by atoms with Crippen molar-refractivity contribution in [2.75, 3.05) is 26.1 Å². The van der Waals surface area contributed by atoms with Crippen LogP contribution in [0.1, 0.15) is 25.7 Å². The van der Waals surface area contributed by atoms with Gasteiger partial charge in [-0.2, -0.15) is 4.31 Å². The van der Waals surface area contributed by atoms with Crippen LogP contribution in [0.5, 0.6) is 11.5 Å². The average Bonchev–Trinajstić information content (AvgIpc) is 2.74. The Hall–Kier alpha value is -2.29. The van der Waals surface area contributed by atoms with E-state index < -0.39 is 16.1 Å². The van der Waals surface area contributed by atoms with Crippen LogP contribution in [0.15, 0.2) is 47.4 Å². The number of ether oxygens (including phenoxy) is 2. The Morgan fingerprint density at radius 2 is 1.87 bits per heavy atom. The lowest BCUT2D eigenvalue weighted by molar-refractivity contribution is -0.117. The zero-order valence-corrected chi connectivity index (χ0v) is 18.5. The van der Waals surface area contributed by atoms with Crippen LogP contribution in [-0.4, -0.2) is 45.4 Å². The summed E-state index contributed by atoms with van der Waals surface area (Å²) in [5.74, 6) is 0.774. The third kappa shape index (κ3) is 5.06. The minimum absolute atomic E-state index is 0.0467. The minimum Gasteiger partial charge on any atom is -0.497 e. The summed E-state index contributed by atoms with van der Waals surface area (Å²) in [6.45, 7) is 0.382. The molecule has 2 aromatic carbocycles. The number of carbonyl (C=O) groups excluding carboxylic acids is 1. The molecule has 1 aliphatic rings. The lowest BCUT2D eigenvalue weighted by atomic mass is 10.0. The standard InChI is InChI=1S/C21H25ClN2O5S/c1-28-17-7-9-18(10-8-17)30(26,27)24-12-4-3-5-16(24)14-21(25)23-19-13-15(22)6-11-20(19)29-2/h6-11,13,16H,3-5,12,14H2,1-2H3,(H,23,25)/t16-/m1/s1. The van der Waals surface area contributed by atoms with Crippen molar-refractivity contribution in [1.29, 1.82) is 0 Å². The van der Waals surface area contributed by atoms with E-state index in [0.717, 1.165) is 12.8 Å². The Morgan fingerprint density at radius 3 is 2.53 bits per heavy atom. The lowest BCUT2D eigenvalue weighted by Crippen LogP contribution is -2.45. The molecule has 0 bridgehead atoms. The molecule has 0 unspecified atom stereocenters. The van der Waals surface area contributed by atoms with E-state index >= 15 is 0 Å². The predicted molar refractivity (Wildman–Crippen MR) is 116 cm³/mol. The number of amides is 1. The maximum Gasteiger partial charge on any atom is 0.243 e. The Labute approximate surface area is 182 Å². The summed E-state index contributed by atoms with van der Waals surface area (Å²) in [7, 11) is -0.694. The lowest BCUT2D eigenvalue weighted by Gasteiger charge is -2.34. The number of methoxy groups -OCH3 is 2. The first-order valence-electron chi connectivity index (χ1n) is 9.64. The molecule has 1 saturated heterocycles. The van der Waals surface area contributed by atoms with Crippen LogP contribution in [-0.2, 0) is 14.8 Å². The van der Waals surface area contributed by atoms with Crippen LogP contribution >= 0.6 is 11.6 Å². The van der Waals surface area contributed by atoms with E-state index in [1.165, 1.54) is 30.7 Å². The number of carbonyl (C=O) groups is 1. The van der Waals surface area contributed by atoms with Gasteiger partial charge in [0.2, 0.25) is 15.9 Å². The second-order valence-electron chi connectivity index (χ2n) is 7.04. The van der Waals surface area contributed by atoms with Gasteiger partial charge in [-0.3, -0.25) is 4.79 Å². The summed E-state index contributed by atoms with van der Waals surface area (Å²) in [6.07, 6.45) is 2.29. The highest BCUT2D eigenvalue weighted by molar-refractivity contribution is 7.89. The number of anilines is 1. The summed E-state index contributed by atoms with van der Waals surface area (Å²) < 4.78 is 38.2. The smallest absolute Gasteiger partial charge is 0.243 e. The van der Waals surface area contributed by atoms with Gasteiger partial charge in [-0.15, -0.1) is 0 Å². The fourth-order valence-corrected chi connectivity index (χ4v) is 5.44.